The lowest BCUT2D eigenvalue weighted by molar-refractivity contribution is 0.117. The van der Waals surface area contributed by atoms with Crippen LogP contribution < -0.4 is 28.9 Å². The van der Waals surface area contributed by atoms with Gasteiger partial charge in [-0.25, -0.2) is 14.5 Å². The predicted molar refractivity (Wildman–Crippen MR) is 413 cm³/mol. The van der Waals surface area contributed by atoms with E-state index in [0.717, 1.165) is 159 Å². The SMILES string of the molecule is [C-]#[N+]c1ccc2c(c1)OCCC2N1CCN(c2ccc(Br)cc2C#N)[C@H](c2ccc(Cl)cc2)C1.[C-]#[N+]c1ccc2c(c1)OCC[C@@H]2N1CCN(c2ccc(Br)cc2C#N)[C@H](c2ccc(Cl)cc2)C1.[C-]#[N+]c1ccc2c(c1)OCC[C@H]2N1CCN(c2ccc(Br)cc2C#N)[C@H](c2ccc(Cl)cc2)C1. The van der Waals surface area contributed by atoms with Crippen molar-refractivity contribution in [2.24, 2.45) is 0 Å². The summed E-state index contributed by atoms with van der Waals surface area (Å²) in [6.45, 7) is 31.2. The van der Waals surface area contributed by atoms with Gasteiger partial charge in [0.25, 0.3) is 0 Å². The summed E-state index contributed by atoms with van der Waals surface area (Å²) in [6, 6.07) is 67.0. The molecule has 0 bridgehead atoms. The normalized spacial score (nSPS) is 20.1. The van der Waals surface area contributed by atoms with Gasteiger partial charge in [0.1, 0.15) is 35.5 Å². The van der Waals surface area contributed by atoms with Crippen LogP contribution >= 0.6 is 82.6 Å². The van der Waals surface area contributed by atoms with E-state index in [4.69, 9.17) is 68.7 Å². The predicted octanol–water partition coefficient (Wildman–Crippen LogP) is 20.7. The van der Waals surface area contributed by atoms with E-state index < -0.39 is 0 Å². The lowest BCUT2D eigenvalue weighted by Gasteiger charge is -2.47. The van der Waals surface area contributed by atoms with Crippen LogP contribution in [0.1, 0.15) is 106 Å². The first kappa shape index (κ1) is 71.3. The van der Waals surface area contributed by atoms with Gasteiger partial charge < -0.3 is 28.9 Å². The Labute approximate surface area is 635 Å². The van der Waals surface area contributed by atoms with Gasteiger partial charge in [-0.3, -0.25) is 14.7 Å². The second-order valence-corrected chi connectivity index (χ2v) is 29.6. The van der Waals surface area contributed by atoms with Gasteiger partial charge in [-0.15, -0.1) is 0 Å². The standard InChI is InChI=1S/3C27H22BrClN4O/c3*1-31-22-7-8-23-25(10-13-34-27(23)15-22)32-11-12-33(24-9-4-20(28)14-19(24)16-30)26(17-32)18-2-5-21(29)6-3-18/h3*2-9,14-15,25-26H,10-13,17H2/t25?,26-;25-,26+;25-,26-/m010/s1. The van der Waals surface area contributed by atoms with E-state index in [1.807, 2.05) is 146 Å². The number of rotatable bonds is 9. The van der Waals surface area contributed by atoms with Gasteiger partial charge >= 0.3 is 0 Å². The van der Waals surface area contributed by atoms with Crippen LogP contribution in [0.4, 0.5) is 34.1 Å². The Bertz CT molecular complexity index is 4370. The zero-order valence-corrected chi connectivity index (χ0v) is 62.3. The number of hydrogen-bond donors (Lipinski definition) is 0. The van der Waals surface area contributed by atoms with Crippen LogP contribution in [-0.4, -0.2) is 93.4 Å². The molecular formula is C81H66Br3Cl3N12O3. The molecule has 15 nitrogen and oxygen atoms in total. The summed E-state index contributed by atoms with van der Waals surface area (Å²) < 4.78 is 20.4. The molecule has 9 aromatic rings. The Balaban J connectivity index is 0.000000137. The molecule has 0 aliphatic carbocycles. The molecule has 6 atom stereocenters. The first-order valence-electron chi connectivity index (χ1n) is 33.5. The Hall–Kier alpha value is -9.09. The van der Waals surface area contributed by atoms with Crippen molar-refractivity contribution in [1.82, 2.24) is 14.7 Å². The van der Waals surface area contributed by atoms with E-state index in [2.05, 4.69) is 146 Å². The van der Waals surface area contributed by atoms with Crippen molar-refractivity contribution in [1.29, 1.82) is 15.8 Å². The van der Waals surface area contributed by atoms with E-state index in [1.54, 1.807) is 0 Å². The number of anilines is 3. The van der Waals surface area contributed by atoms with Gasteiger partial charge in [-0.05, 0) is 126 Å². The van der Waals surface area contributed by atoms with Gasteiger partial charge in [0.05, 0.1) is 91.4 Å². The quantitative estimate of drug-likeness (QED) is 0.127. The Kier molecular flexibility index (Phi) is 22.7. The summed E-state index contributed by atoms with van der Waals surface area (Å²) in [5, 5.41) is 31.6. The van der Waals surface area contributed by atoms with Crippen LogP contribution in [0.15, 0.2) is 195 Å². The maximum Gasteiger partial charge on any atom is 0.190 e. The van der Waals surface area contributed by atoms with E-state index in [9.17, 15) is 15.8 Å². The van der Waals surface area contributed by atoms with Crippen molar-refractivity contribution < 1.29 is 14.2 Å². The zero-order valence-electron chi connectivity index (χ0n) is 55.3. The fraction of sp³-hybridized carbons (Fsp3) is 0.259. The molecule has 21 heteroatoms. The van der Waals surface area contributed by atoms with Crippen molar-refractivity contribution in [3.63, 3.8) is 0 Å². The average Bonchev–Trinajstić information content (AvgIpc) is 0.781. The van der Waals surface area contributed by atoms with Crippen LogP contribution in [-0.2, 0) is 0 Å². The highest BCUT2D eigenvalue weighted by Crippen LogP contribution is 2.47. The zero-order chi connectivity index (χ0) is 71.0. The number of hydrogen-bond acceptors (Lipinski definition) is 12. The van der Waals surface area contributed by atoms with Crippen molar-refractivity contribution in [2.45, 2.75) is 55.5 Å². The summed E-state index contributed by atoms with van der Waals surface area (Å²) >= 11 is 29.1. The van der Waals surface area contributed by atoms with Gasteiger partial charge in [0.2, 0.25) is 0 Å². The Morgan fingerprint density at radius 3 is 0.882 bits per heavy atom. The van der Waals surface area contributed by atoms with Gasteiger partial charge in [0.15, 0.2) is 17.1 Å². The molecule has 6 aliphatic rings. The molecule has 102 heavy (non-hydrogen) atoms. The molecule has 0 radical (unpaired) electrons. The summed E-state index contributed by atoms with van der Waals surface area (Å²) in [4.78, 5) is 25.2. The lowest BCUT2D eigenvalue weighted by atomic mass is 9.94. The third kappa shape index (κ3) is 15.8. The monoisotopic (exact) mass is 1600 g/mol. The first-order chi connectivity index (χ1) is 49.7. The minimum atomic E-state index is 0.0631. The summed E-state index contributed by atoms with van der Waals surface area (Å²) in [5.41, 5.74) is 13.5. The molecule has 6 heterocycles. The van der Waals surface area contributed by atoms with E-state index >= 15 is 0 Å². The number of benzene rings is 9. The third-order valence-electron chi connectivity index (χ3n) is 19.9. The van der Waals surface area contributed by atoms with Crippen molar-refractivity contribution in [3.8, 4) is 35.5 Å². The van der Waals surface area contributed by atoms with E-state index in [-0.39, 0.29) is 36.3 Å². The molecule has 15 rings (SSSR count). The second-order valence-electron chi connectivity index (χ2n) is 25.5. The maximum atomic E-state index is 9.81. The Morgan fingerprint density at radius 2 is 0.627 bits per heavy atom. The van der Waals surface area contributed by atoms with Crippen LogP contribution in [0.2, 0.25) is 15.1 Å². The van der Waals surface area contributed by atoms with Crippen molar-refractivity contribution in [2.75, 3.05) is 93.4 Å². The van der Waals surface area contributed by atoms with E-state index in [1.165, 1.54) is 0 Å². The van der Waals surface area contributed by atoms with Crippen LogP contribution in [0.3, 0.4) is 0 Å². The fourth-order valence-electron chi connectivity index (χ4n) is 15.0. The molecule has 0 spiro atoms. The average molecular weight is 1600 g/mol. The smallest absolute Gasteiger partial charge is 0.190 e. The molecular weight excluding hydrogens is 1540 g/mol. The largest absolute Gasteiger partial charge is 0.494 e. The molecule has 0 aromatic heterocycles. The third-order valence-corrected chi connectivity index (χ3v) is 22.1. The summed E-state index contributed by atoms with van der Waals surface area (Å²) in [5.74, 6) is 2.44. The number of ether oxygens (including phenoxy) is 3. The van der Waals surface area contributed by atoms with Crippen LogP contribution in [0.5, 0.6) is 17.2 Å². The molecule has 3 saturated heterocycles. The second kappa shape index (κ2) is 32.5. The molecule has 9 aromatic carbocycles. The van der Waals surface area contributed by atoms with Crippen LogP contribution in [0, 0.1) is 53.7 Å². The number of halogens is 6. The number of fused-ring (bicyclic) bond motifs is 3. The first-order valence-corrected chi connectivity index (χ1v) is 37.0. The van der Waals surface area contributed by atoms with Crippen molar-refractivity contribution >= 4 is 117 Å². The highest BCUT2D eigenvalue weighted by Gasteiger charge is 2.40. The minimum Gasteiger partial charge on any atom is -0.494 e. The number of piperazine rings is 3. The Morgan fingerprint density at radius 1 is 0.353 bits per heavy atom. The van der Waals surface area contributed by atoms with Crippen LogP contribution in [0.25, 0.3) is 14.5 Å². The molecule has 510 valence electrons. The van der Waals surface area contributed by atoms with E-state index in [0.29, 0.717) is 68.6 Å². The lowest BCUT2D eigenvalue weighted by Crippen LogP contribution is -2.50. The summed E-state index contributed by atoms with van der Waals surface area (Å²) in [7, 11) is 0. The molecule has 1 unspecified atom stereocenters. The number of nitrogens with zero attached hydrogens (tertiary/aromatic N) is 12. The summed E-state index contributed by atoms with van der Waals surface area (Å²) in [6.07, 6.45) is 2.71. The van der Waals surface area contributed by atoms with Crippen molar-refractivity contribution in [3.05, 3.63) is 295 Å². The van der Waals surface area contributed by atoms with Gasteiger partial charge in [0, 0.05) is 141 Å². The van der Waals surface area contributed by atoms with Gasteiger partial charge in [-0.2, -0.15) is 15.8 Å². The molecule has 6 aliphatic heterocycles. The van der Waals surface area contributed by atoms with Gasteiger partial charge in [-0.1, -0.05) is 155 Å². The number of nitriles is 3. The minimum absolute atomic E-state index is 0.0631. The highest BCUT2D eigenvalue weighted by atomic mass is 79.9. The highest BCUT2D eigenvalue weighted by molar-refractivity contribution is 9.11. The topological polar surface area (TPSA) is 132 Å². The molecule has 0 amide bonds. The molecule has 0 saturated carbocycles. The molecule has 3 fully saturated rings. The molecule has 0 N–H and O–H groups in total. The maximum absolute atomic E-state index is 9.81. The fourth-order valence-corrected chi connectivity index (χ4v) is 16.5.